The van der Waals surface area contributed by atoms with E-state index in [1.165, 1.54) is 22.7 Å². The Morgan fingerprint density at radius 1 is 1.20 bits per heavy atom. The zero-order valence-corrected chi connectivity index (χ0v) is 14.8. The summed E-state index contributed by atoms with van der Waals surface area (Å²) in [7, 11) is 0. The van der Waals surface area contributed by atoms with Crippen LogP contribution in [0, 0.1) is 0 Å². The van der Waals surface area contributed by atoms with Gasteiger partial charge in [0.05, 0.1) is 24.9 Å². The third-order valence-corrected chi connectivity index (χ3v) is 4.59. The summed E-state index contributed by atoms with van der Waals surface area (Å²) in [5.74, 6) is -0.720. The van der Waals surface area contributed by atoms with Crippen LogP contribution in [0.25, 0.3) is 10.7 Å². The first-order valence-electron chi connectivity index (χ1n) is 7.29. The molecule has 0 saturated carbocycles. The molecule has 3 aromatic heterocycles. The van der Waals surface area contributed by atoms with Gasteiger partial charge in [-0.15, -0.1) is 22.7 Å². The number of anilines is 1. The molecule has 8 nitrogen and oxygen atoms in total. The maximum absolute atomic E-state index is 12.3. The van der Waals surface area contributed by atoms with E-state index in [4.69, 9.17) is 4.74 Å². The number of thiazole rings is 2. The van der Waals surface area contributed by atoms with Crippen LogP contribution in [-0.2, 0) is 16.0 Å². The molecule has 0 aromatic carbocycles. The summed E-state index contributed by atoms with van der Waals surface area (Å²) in [6.45, 7) is 2.07. The van der Waals surface area contributed by atoms with E-state index in [0.717, 1.165) is 0 Å². The molecule has 3 heterocycles. The largest absolute Gasteiger partial charge is 0.466 e. The van der Waals surface area contributed by atoms with Gasteiger partial charge in [0.15, 0.2) is 5.13 Å². The first-order chi connectivity index (χ1) is 12.2. The zero-order chi connectivity index (χ0) is 17.6. The minimum absolute atomic E-state index is 0.0771. The lowest BCUT2D eigenvalue weighted by Crippen LogP contribution is -2.12. The molecule has 0 aliphatic carbocycles. The molecule has 0 unspecified atom stereocenters. The Morgan fingerprint density at radius 2 is 2.08 bits per heavy atom. The van der Waals surface area contributed by atoms with E-state index >= 15 is 0 Å². The molecule has 10 heteroatoms. The van der Waals surface area contributed by atoms with Gasteiger partial charge in [0, 0.05) is 23.2 Å². The predicted molar refractivity (Wildman–Crippen MR) is 93.5 cm³/mol. The number of hydrogen-bond donors (Lipinski definition) is 1. The first-order valence-corrected chi connectivity index (χ1v) is 9.05. The van der Waals surface area contributed by atoms with Crippen molar-refractivity contribution in [1.82, 2.24) is 19.9 Å². The normalized spacial score (nSPS) is 10.4. The van der Waals surface area contributed by atoms with Gasteiger partial charge in [0.2, 0.25) is 0 Å². The Hall–Kier alpha value is -2.72. The van der Waals surface area contributed by atoms with Crippen LogP contribution in [0.3, 0.4) is 0 Å². The number of carbonyl (C=O) groups excluding carboxylic acids is 2. The van der Waals surface area contributed by atoms with E-state index in [1.807, 2.05) is 0 Å². The van der Waals surface area contributed by atoms with E-state index < -0.39 is 0 Å². The number of rotatable bonds is 6. The number of amides is 1. The van der Waals surface area contributed by atoms with E-state index in [2.05, 4.69) is 25.3 Å². The number of ether oxygens (including phenoxy) is 1. The highest BCUT2D eigenvalue weighted by molar-refractivity contribution is 7.14. The summed E-state index contributed by atoms with van der Waals surface area (Å²) in [6.07, 6.45) is 4.80. The molecule has 0 atom stereocenters. The van der Waals surface area contributed by atoms with E-state index in [9.17, 15) is 9.59 Å². The summed E-state index contributed by atoms with van der Waals surface area (Å²) >= 11 is 2.55. The number of nitrogens with one attached hydrogen (secondary N) is 1. The second kappa shape index (κ2) is 7.90. The molecule has 0 fully saturated rings. The summed E-state index contributed by atoms with van der Waals surface area (Å²) < 4.78 is 4.87. The molecule has 0 bridgehead atoms. The van der Waals surface area contributed by atoms with Crippen LogP contribution in [0.4, 0.5) is 5.13 Å². The van der Waals surface area contributed by atoms with Gasteiger partial charge in [-0.1, -0.05) is 0 Å². The topological polar surface area (TPSA) is 107 Å². The van der Waals surface area contributed by atoms with Crippen molar-refractivity contribution in [3.8, 4) is 10.7 Å². The van der Waals surface area contributed by atoms with Gasteiger partial charge in [-0.25, -0.2) is 9.97 Å². The van der Waals surface area contributed by atoms with Crippen LogP contribution in [0.2, 0.25) is 0 Å². The smallest absolute Gasteiger partial charge is 0.311 e. The Bertz CT molecular complexity index is 878. The number of esters is 1. The second-order valence-electron chi connectivity index (χ2n) is 4.71. The van der Waals surface area contributed by atoms with Gasteiger partial charge >= 0.3 is 5.97 Å². The number of nitrogens with zero attached hydrogens (tertiary/aromatic N) is 4. The number of hydrogen-bond acceptors (Lipinski definition) is 9. The summed E-state index contributed by atoms with van der Waals surface area (Å²) in [4.78, 5) is 40.3. The van der Waals surface area contributed by atoms with Crippen LogP contribution in [0.5, 0.6) is 0 Å². The van der Waals surface area contributed by atoms with E-state index in [1.54, 1.807) is 36.3 Å². The highest BCUT2D eigenvalue weighted by Crippen LogP contribution is 2.22. The Kier molecular flexibility index (Phi) is 5.41. The van der Waals surface area contributed by atoms with Crippen molar-refractivity contribution in [2.24, 2.45) is 0 Å². The second-order valence-corrected chi connectivity index (χ2v) is 6.42. The average Bonchev–Trinajstić information content (AvgIpc) is 3.25. The van der Waals surface area contributed by atoms with Gasteiger partial charge in [0.25, 0.3) is 5.91 Å². The lowest BCUT2D eigenvalue weighted by molar-refractivity contribution is -0.142. The molecule has 128 valence electrons. The number of carbonyl (C=O) groups is 2. The van der Waals surface area contributed by atoms with Crippen LogP contribution < -0.4 is 5.32 Å². The van der Waals surface area contributed by atoms with Gasteiger partial charge in [-0.05, 0) is 6.92 Å². The molecule has 0 saturated heterocycles. The molecule has 0 spiro atoms. The lowest BCUT2D eigenvalue weighted by Gasteiger charge is -1.99. The van der Waals surface area contributed by atoms with Crippen molar-refractivity contribution in [1.29, 1.82) is 0 Å². The summed E-state index contributed by atoms with van der Waals surface area (Å²) in [5, 5.41) is 7.04. The van der Waals surface area contributed by atoms with Gasteiger partial charge < -0.3 is 4.74 Å². The van der Waals surface area contributed by atoms with Crippen molar-refractivity contribution >= 4 is 39.7 Å². The highest BCUT2D eigenvalue weighted by Gasteiger charge is 2.15. The lowest BCUT2D eigenvalue weighted by atomic mass is 10.3. The molecular formula is C15H13N5O3S2. The zero-order valence-electron chi connectivity index (χ0n) is 13.1. The maximum Gasteiger partial charge on any atom is 0.311 e. The third-order valence-electron chi connectivity index (χ3n) is 2.92. The fourth-order valence-electron chi connectivity index (χ4n) is 1.87. The SMILES string of the molecule is CCOC(=O)Cc1csc(NC(=O)c2csc(-c3cnccn3)n2)n1. The standard InChI is InChI=1S/C15H13N5O3S2/c1-2-23-12(21)5-9-7-25-15(18-9)20-13(22)11-8-24-14(19-11)10-6-16-3-4-17-10/h3-4,6-8H,2,5H2,1H3,(H,18,20,22). The number of aromatic nitrogens is 4. The Labute approximate surface area is 151 Å². The van der Waals surface area contributed by atoms with Gasteiger partial charge in [-0.3, -0.25) is 24.9 Å². The van der Waals surface area contributed by atoms with Gasteiger partial charge in [-0.2, -0.15) is 0 Å². The van der Waals surface area contributed by atoms with E-state index in [0.29, 0.717) is 28.1 Å². The van der Waals surface area contributed by atoms with Crippen LogP contribution in [0.15, 0.2) is 29.4 Å². The van der Waals surface area contributed by atoms with Crippen LogP contribution in [0.1, 0.15) is 23.1 Å². The molecule has 0 aliphatic rings. The van der Waals surface area contributed by atoms with Crippen molar-refractivity contribution in [2.45, 2.75) is 13.3 Å². The summed E-state index contributed by atoms with van der Waals surface area (Å²) in [6, 6.07) is 0. The molecule has 25 heavy (non-hydrogen) atoms. The molecule has 1 amide bonds. The molecule has 0 radical (unpaired) electrons. The Balaban J connectivity index is 1.64. The quantitative estimate of drug-likeness (QED) is 0.659. The third kappa shape index (κ3) is 4.43. The van der Waals surface area contributed by atoms with Crippen LogP contribution in [-0.4, -0.2) is 38.4 Å². The minimum atomic E-state index is -0.372. The molecular weight excluding hydrogens is 362 g/mol. The van der Waals surface area contributed by atoms with Crippen molar-refractivity contribution in [2.75, 3.05) is 11.9 Å². The molecule has 0 aliphatic heterocycles. The van der Waals surface area contributed by atoms with E-state index in [-0.39, 0.29) is 24.0 Å². The van der Waals surface area contributed by atoms with Crippen molar-refractivity contribution in [3.63, 3.8) is 0 Å². The molecule has 3 aromatic rings. The van der Waals surface area contributed by atoms with Crippen molar-refractivity contribution < 1.29 is 14.3 Å². The molecule has 3 rings (SSSR count). The fourth-order valence-corrected chi connectivity index (χ4v) is 3.34. The average molecular weight is 375 g/mol. The fraction of sp³-hybridized carbons (Fsp3) is 0.200. The summed E-state index contributed by atoms with van der Waals surface area (Å²) in [5.41, 5.74) is 1.43. The van der Waals surface area contributed by atoms with Gasteiger partial charge in [0.1, 0.15) is 16.4 Å². The predicted octanol–water partition coefficient (Wildman–Crippen LogP) is 2.41. The molecule has 1 N–H and O–H groups in total. The van der Waals surface area contributed by atoms with Crippen molar-refractivity contribution in [3.05, 3.63) is 40.7 Å². The monoisotopic (exact) mass is 375 g/mol. The minimum Gasteiger partial charge on any atom is -0.466 e. The van der Waals surface area contributed by atoms with Crippen LogP contribution >= 0.6 is 22.7 Å². The Morgan fingerprint density at radius 3 is 2.84 bits per heavy atom. The first kappa shape index (κ1) is 17.1. The highest BCUT2D eigenvalue weighted by atomic mass is 32.1. The maximum atomic E-state index is 12.3.